The van der Waals surface area contributed by atoms with Crippen LogP contribution in [0.4, 0.5) is 4.39 Å². The summed E-state index contributed by atoms with van der Waals surface area (Å²) in [6.45, 7) is 2.30. The van der Waals surface area contributed by atoms with Crippen LogP contribution in [0.5, 0.6) is 0 Å². The van der Waals surface area contributed by atoms with Gasteiger partial charge in [0.2, 0.25) is 0 Å². The van der Waals surface area contributed by atoms with E-state index in [4.69, 9.17) is 0 Å². The van der Waals surface area contributed by atoms with Crippen molar-refractivity contribution in [3.05, 3.63) is 35.6 Å². The zero-order chi connectivity index (χ0) is 14.7. The standard InChI is InChI=1S/C19H28FN/c1-2-3-14-4-10-18(11-5-14)21-19-12-16(13-19)15-6-8-17(20)9-7-15/h6-9,14,16,18-19,21H,2-5,10-13H2,1H3. The van der Waals surface area contributed by atoms with Gasteiger partial charge in [-0.15, -0.1) is 0 Å². The molecule has 3 rings (SSSR count). The van der Waals surface area contributed by atoms with Gasteiger partial charge in [-0.2, -0.15) is 0 Å². The van der Waals surface area contributed by atoms with E-state index < -0.39 is 0 Å². The summed E-state index contributed by atoms with van der Waals surface area (Å²) in [4.78, 5) is 0. The number of hydrogen-bond acceptors (Lipinski definition) is 1. The zero-order valence-corrected chi connectivity index (χ0v) is 13.2. The maximum absolute atomic E-state index is 12.9. The summed E-state index contributed by atoms with van der Waals surface area (Å²) in [6.07, 6.45) is 10.8. The number of halogens is 1. The van der Waals surface area contributed by atoms with Crippen molar-refractivity contribution in [2.75, 3.05) is 0 Å². The highest BCUT2D eigenvalue weighted by Gasteiger charge is 2.32. The molecular formula is C19H28FN. The van der Waals surface area contributed by atoms with Crippen LogP contribution in [0.2, 0.25) is 0 Å². The van der Waals surface area contributed by atoms with Crippen LogP contribution in [0.1, 0.15) is 69.8 Å². The molecule has 1 nitrogen and oxygen atoms in total. The summed E-state index contributed by atoms with van der Waals surface area (Å²) >= 11 is 0. The van der Waals surface area contributed by atoms with Crippen molar-refractivity contribution in [2.45, 2.75) is 76.3 Å². The quantitative estimate of drug-likeness (QED) is 0.802. The lowest BCUT2D eigenvalue weighted by atomic mass is 9.74. The first-order valence-electron chi connectivity index (χ1n) is 8.76. The summed E-state index contributed by atoms with van der Waals surface area (Å²) in [6, 6.07) is 8.51. The van der Waals surface area contributed by atoms with Crippen LogP contribution in [0.25, 0.3) is 0 Å². The lowest BCUT2D eigenvalue weighted by Crippen LogP contribution is -2.46. The van der Waals surface area contributed by atoms with Gasteiger partial charge in [-0.1, -0.05) is 31.9 Å². The van der Waals surface area contributed by atoms with Gasteiger partial charge in [0.25, 0.3) is 0 Å². The smallest absolute Gasteiger partial charge is 0.123 e. The maximum Gasteiger partial charge on any atom is 0.123 e. The Bertz CT molecular complexity index is 427. The monoisotopic (exact) mass is 289 g/mol. The number of benzene rings is 1. The third-order valence-corrected chi connectivity index (χ3v) is 5.49. The maximum atomic E-state index is 12.9. The minimum absolute atomic E-state index is 0.128. The second-order valence-electron chi connectivity index (χ2n) is 7.09. The summed E-state index contributed by atoms with van der Waals surface area (Å²) in [5, 5.41) is 3.85. The molecule has 1 N–H and O–H groups in total. The largest absolute Gasteiger partial charge is 0.311 e. The average Bonchev–Trinajstić information content (AvgIpc) is 2.46. The van der Waals surface area contributed by atoms with Crippen molar-refractivity contribution in [1.29, 1.82) is 0 Å². The van der Waals surface area contributed by atoms with E-state index in [1.54, 1.807) is 12.1 Å². The number of hydrogen-bond donors (Lipinski definition) is 1. The van der Waals surface area contributed by atoms with E-state index in [0.717, 1.165) is 12.0 Å². The molecule has 21 heavy (non-hydrogen) atoms. The van der Waals surface area contributed by atoms with Gasteiger partial charge in [0.15, 0.2) is 0 Å². The van der Waals surface area contributed by atoms with Crippen LogP contribution in [0.15, 0.2) is 24.3 Å². The summed E-state index contributed by atoms with van der Waals surface area (Å²) < 4.78 is 12.9. The topological polar surface area (TPSA) is 12.0 Å². The second kappa shape index (κ2) is 6.91. The van der Waals surface area contributed by atoms with Gasteiger partial charge in [0, 0.05) is 12.1 Å². The molecule has 0 unspecified atom stereocenters. The van der Waals surface area contributed by atoms with Crippen molar-refractivity contribution in [3.63, 3.8) is 0 Å². The first kappa shape index (κ1) is 15.0. The summed E-state index contributed by atoms with van der Waals surface area (Å²) in [5.41, 5.74) is 1.31. The molecule has 1 aromatic carbocycles. The molecule has 2 aliphatic rings. The van der Waals surface area contributed by atoms with Crippen LogP contribution in [-0.4, -0.2) is 12.1 Å². The van der Waals surface area contributed by atoms with E-state index in [0.29, 0.717) is 12.0 Å². The van der Waals surface area contributed by atoms with Crippen molar-refractivity contribution in [3.8, 4) is 0 Å². The second-order valence-corrected chi connectivity index (χ2v) is 7.09. The minimum Gasteiger partial charge on any atom is -0.311 e. The van der Waals surface area contributed by atoms with Gasteiger partial charge < -0.3 is 5.32 Å². The molecule has 0 aromatic heterocycles. The molecule has 0 aliphatic heterocycles. The predicted molar refractivity (Wildman–Crippen MR) is 86.0 cm³/mol. The first-order chi connectivity index (χ1) is 10.2. The molecule has 2 aliphatic carbocycles. The third-order valence-electron chi connectivity index (χ3n) is 5.49. The highest BCUT2D eigenvalue weighted by Crippen LogP contribution is 2.38. The van der Waals surface area contributed by atoms with E-state index >= 15 is 0 Å². The lowest BCUT2D eigenvalue weighted by Gasteiger charge is -2.40. The van der Waals surface area contributed by atoms with E-state index in [1.807, 2.05) is 12.1 Å². The van der Waals surface area contributed by atoms with Gasteiger partial charge in [-0.05, 0) is 68.1 Å². The Labute approximate surface area is 128 Å². The molecule has 0 amide bonds. The summed E-state index contributed by atoms with van der Waals surface area (Å²) in [7, 11) is 0. The third kappa shape index (κ3) is 3.85. The van der Waals surface area contributed by atoms with E-state index in [-0.39, 0.29) is 5.82 Å². The molecule has 0 saturated heterocycles. The molecule has 2 fully saturated rings. The van der Waals surface area contributed by atoms with E-state index in [1.165, 1.54) is 56.9 Å². The Morgan fingerprint density at radius 1 is 1.00 bits per heavy atom. The normalized spacial score (nSPS) is 32.7. The SMILES string of the molecule is CCCC1CCC(NC2CC(c3ccc(F)cc3)C2)CC1. The Kier molecular flexibility index (Phi) is 4.95. The number of nitrogens with one attached hydrogen (secondary N) is 1. The molecule has 2 saturated carbocycles. The van der Waals surface area contributed by atoms with Crippen molar-refractivity contribution >= 4 is 0 Å². The lowest BCUT2D eigenvalue weighted by molar-refractivity contribution is 0.212. The minimum atomic E-state index is -0.128. The Morgan fingerprint density at radius 3 is 2.29 bits per heavy atom. The fraction of sp³-hybridized carbons (Fsp3) is 0.684. The van der Waals surface area contributed by atoms with Gasteiger partial charge in [-0.3, -0.25) is 0 Å². The van der Waals surface area contributed by atoms with Crippen molar-refractivity contribution in [1.82, 2.24) is 5.32 Å². The average molecular weight is 289 g/mol. The van der Waals surface area contributed by atoms with Gasteiger partial charge >= 0.3 is 0 Å². The van der Waals surface area contributed by atoms with E-state index in [2.05, 4.69) is 12.2 Å². The van der Waals surface area contributed by atoms with Gasteiger partial charge in [0.05, 0.1) is 0 Å². The van der Waals surface area contributed by atoms with Gasteiger partial charge in [0.1, 0.15) is 5.82 Å². The highest BCUT2D eigenvalue weighted by molar-refractivity contribution is 5.23. The summed E-state index contributed by atoms with van der Waals surface area (Å²) in [5.74, 6) is 1.50. The van der Waals surface area contributed by atoms with Gasteiger partial charge in [-0.25, -0.2) is 4.39 Å². The molecule has 0 heterocycles. The zero-order valence-electron chi connectivity index (χ0n) is 13.2. The fourth-order valence-electron chi connectivity index (χ4n) is 4.12. The molecule has 0 spiro atoms. The van der Waals surface area contributed by atoms with Crippen LogP contribution in [-0.2, 0) is 0 Å². The molecule has 2 heteroatoms. The molecular weight excluding hydrogens is 261 g/mol. The molecule has 0 bridgehead atoms. The highest BCUT2D eigenvalue weighted by atomic mass is 19.1. The predicted octanol–water partition coefficient (Wildman–Crippen LogP) is 5.02. The van der Waals surface area contributed by atoms with Crippen molar-refractivity contribution in [2.24, 2.45) is 5.92 Å². The van der Waals surface area contributed by atoms with Crippen LogP contribution in [0.3, 0.4) is 0 Å². The molecule has 0 atom stereocenters. The van der Waals surface area contributed by atoms with E-state index in [9.17, 15) is 4.39 Å². The fourth-order valence-corrected chi connectivity index (χ4v) is 4.12. The van der Waals surface area contributed by atoms with Crippen molar-refractivity contribution < 1.29 is 4.39 Å². The Morgan fingerprint density at radius 2 is 1.67 bits per heavy atom. The van der Waals surface area contributed by atoms with Crippen LogP contribution >= 0.6 is 0 Å². The van der Waals surface area contributed by atoms with Crippen LogP contribution < -0.4 is 5.32 Å². The molecule has 0 radical (unpaired) electrons. The molecule has 116 valence electrons. The first-order valence-corrected chi connectivity index (χ1v) is 8.76. The number of rotatable bonds is 5. The van der Waals surface area contributed by atoms with Crippen LogP contribution in [0, 0.1) is 11.7 Å². The Balaban J connectivity index is 1.38. The Hall–Kier alpha value is -0.890. The molecule has 1 aromatic rings.